The van der Waals surface area contributed by atoms with Crippen molar-refractivity contribution in [2.45, 2.75) is 0 Å². The Morgan fingerprint density at radius 1 is 1.18 bits per heavy atom. The highest BCUT2D eigenvalue weighted by Crippen LogP contribution is 2.30. The van der Waals surface area contributed by atoms with Gasteiger partial charge in [0.1, 0.15) is 0 Å². The van der Waals surface area contributed by atoms with Crippen LogP contribution in [0.2, 0.25) is 0 Å². The molecule has 0 spiro atoms. The van der Waals surface area contributed by atoms with E-state index in [9.17, 15) is 0 Å². The van der Waals surface area contributed by atoms with Crippen molar-refractivity contribution in [3.05, 3.63) is 30.7 Å². The Bertz CT molecular complexity index is 392. The quantitative estimate of drug-likeness (QED) is 0.598. The third kappa shape index (κ3) is 1.55. The van der Waals surface area contributed by atoms with E-state index >= 15 is 0 Å². The molecule has 0 fully saturated rings. The standard InChI is InChI=1S/C8H4I2S/c9-6-3-1-2-5-4-7(10)11-8(5)6/h1-4H. The number of hydrogen-bond acceptors (Lipinski definition) is 1. The van der Waals surface area contributed by atoms with E-state index in [4.69, 9.17) is 0 Å². The summed E-state index contributed by atoms with van der Waals surface area (Å²) < 4.78 is 4.13. The zero-order chi connectivity index (χ0) is 7.84. The molecule has 1 heterocycles. The van der Waals surface area contributed by atoms with Gasteiger partial charge in [0.15, 0.2) is 0 Å². The van der Waals surface area contributed by atoms with Crippen molar-refractivity contribution in [2.75, 3.05) is 0 Å². The molecule has 0 saturated heterocycles. The minimum atomic E-state index is 1.35. The van der Waals surface area contributed by atoms with Crippen molar-refractivity contribution < 1.29 is 0 Å². The summed E-state index contributed by atoms with van der Waals surface area (Å²) in [7, 11) is 0. The largest absolute Gasteiger partial charge is 0.128 e. The van der Waals surface area contributed by atoms with Gasteiger partial charge in [0.25, 0.3) is 0 Å². The van der Waals surface area contributed by atoms with Crippen LogP contribution in [-0.2, 0) is 0 Å². The molecular formula is C8H4I2S. The first-order valence-electron chi connectivity index (χ1n) is 3.11. The smallest absolute Gasteiger partial charge is 0.0666 e. The van der Waals surface area contributed by atoms with Gasteiger partial charge in [-0.25, -0.2) is 0 Å². The lowest BCUT2D eigenvalue weighted by atomic mass is 10.3. The summed E-state index contributed by atoms with van der Waals surface area (Å²) in [6, 6.07) is 8.64. The van der Waals surface area contributed by atoms with Crippen molar-refractivity contribution in [1.29, 1.82) is 0 Å². The molecule has 2 rings (SSSR count). The average molecular weight is 386 g/mol. The van der Waals surface area contributed by atoms with E-state index in [0.29, 0.717) is 0 Å². The molecule has 0 saturated carbocycles. The van der Waals surface area contributed by atoms with Crippen LogP contribution in [0.15, 0.2) is 24.3 Å². The number of thiophene rings is 1. The lowest BCUT2D eigenvalue weighted by Gasteiger charge is -1.89. The Hall–Kier alpha value is 0.640. The number of hydrogen-bond donors (Lipinski definition) is 0. The van der Waals surface area contributed by atoms with E-state index in [2.05, 4.69) is 69.4 Å². The van der Waals surface area contributed by atoms with Gasteiger partial charge < -0.3 is 0 Å². The second kappa shape index (κ2) is 3.18. The Morgan fingerprint density at radius 3 is 2.73 bits per heavy atom. The van der Waals surface area contributed by atoms with E-state index in [1.807, 2.05) is 11.3 Å². The molecule has 0 atom stereocenters. The zero-order valence-electron chi connectivity index (χ0n) is 5.47. The maximum atomic E-state index is 2.38. The summed E-state index contributed by atoms with van der Waals surface area (Å²) in [6.45, 7) is 0. The summed E-state index contributed by atoms with van der Waals surface area (Å²) in [5.41, 5.74) is 0. The Labute approximate surface area is 96.3 Å². The van der Waals surface area contributed by atoms with Crippen LogP contribution in [-0.4, -0.2) is 0 Å². The van der Waals surface area contributed by atoms with Crippen LogP contribution in [0.25, 0.3) is 10.1 Å². The van der Waals surface area contributed by atoms with Gasteiger partial charge in [0, 0.05) is 8.27 Å². The van der Waals surface area contributed by atoms with Gasteiger partial charge in [-0.2, -0.15) is 0 Å². The van der Waals surface area contributed by atoms with Gasteiger partial charge in [0.05, 0.1) is 2.88 Å². The van der Waals surface area contributed by atoms with Crippen molar-refractivity contribution in [3.8, 4) is 0 Å². The Morgan fingerprint density at radius 2 is 2.00 bits per heavy atom. The van der Waals surface area contributed by atoms with Crippen LogP contribution in [0.5, 0.6) is 0 Å². The van der Waals surface area contributed by atoms with E-state index in [0.717, 1.165) is 0 Å². The SMILES string of the molecule is Ic1cc2cccc(I)c2s1. The third-order valence-electron chi connectivity index (χ3n) is 1.47. The van der Waals surface area contributed by atoms with Crippen molar-refractivity contribution in [3.63, 3.8) is 0 Å². The van der Waals surface area contributed by atoms with Crippen LogP contribution in [0.4, 0.5) is 0 Å². The van der Waals surface area contributed by atoms with E-state index in [1.165, 1.54) is 16.5 Å². The van der Waals surface area contributed by atoms with Gasteiger partial charge in [-0.05, 0) is 62.7 Å². The Balaban J connectivity index is 2.90. The predicted molar refractivity (Wildman–Crippen MR) is 67.3 cm³/mol. The molecule has 0 nitrogen and oxygen atoms in total. The Kier molecular flexibility index (Phi) is 2.38. The number of benzene rings is 1. The molecule has 0 unspecified atom stereocenters. The fourth-order valence-corrected chi connectivity index (χ4v) is 3.63. The number of halogens is 2. The van der Waals surface area contributed by atoms with Crippen molar-refractivity contribution in [2.24, 2.45) is 0 Å². The number of fused-ring (bicyclic) bond motifs is 1. The van der Waals surface area contributed by atoms with E-state index < -0.39 is 0 Å². The predicted octanol–water partition coefficient (Wildman–Crippen LogP) is 4.11. The van der Waals surface area contributed by atoms with E-state index in [1.54, 1.807) is 0 Å². The summed E-state index contributed by atoms with van der Waals surface area (Å²) >= 11 is 6.60. The molecule has 56 valence electrons. The van der Waals surface area contributed by atoms with Gasteiger partial charge in [-0.3, -0.25) is 0 Å². The molecule has 11 heavy (non-hydrogen) atoms. The highest BCUT2D eigenvalue weighted by atomic mass is 127. The summed E-state index contributed by atoms with van der Waals surface area (Å²) in [6.07, 6.45) is 0. The molecular weight excluding hydrogens is 382 g/mol. The van der Waals surface area contributed by atoms with Crippen LogP contribution in [0.1, 0.15) is 0 Å². The maximum Gasteiger partial charge on any atom is 0.0666 e. The third-order valence-corrected chi connectivity index (χ3v) is 4.68. The average Bonchev–Trinajstić information content (AvgIpc) is 2.31. The molecule has 0 radical (unpaired) electrons. The second-order valence-electron chi connectivity index (χ2n) is 2.21. The van der Waals surface area contributed by atoms with Crippen molar-refractivity contribution in [1.82, 2.24) is 0 Å². The highest BCUT2D eigenvalue weighted by molar-refractivity contribution is 14.1. The van der Waals surface area contributed by atoms with Crippen LogP contribution < -0.4 is 0 Å². The minimum absolute atomic E-state index is 1.35. The van der Waals surface area contributed by atoms with Crippen LogP contribution >= 0.6 is 56.5 Å². The molecule has 0 bridgehead atoms. The van der Waals surface area contributed by atoms with Gasteiger partial charge in [-0.1, -0.05) is 12.1 Å². The summed E-state index contributed by atoms with van der Waals surface area (Å²) in [5, 5.41) is 1.37. The molecule has 0 aliphatic carbocycles. The van der Waals surface area contributed by atoms with Gasteiger partial charge in [-0.15, -0.1) is 11.3 Å². The summed E-state index contributed by atoms with van der Waals surface area (Å²) in [4.78, 5) is 0. The zero-order valence-corrected chi connectivity index (χ0v) is 10.6. The van der Waals surface area contributed by atoms with Gasteiger partial charge in [0.2, 0.25) is 0 Å². The molecule has 0 aliphatic heterocycles. The fourth-order valence-electron chi connectivity index (χ4n) is 0.996. The minimum Gasteiger partial charge on any atom is -0.128 e. The monoisotopic (exact) mass is 386 g/mol. The molecule has 1 aromatic carbocycles. The van der Waals surface area contributed by atoms with E-state index in [-0.39, 0.29) is 0 Å². The normalized spacial score (nSPS) is 10.7. The topological polar surface area (TPSA) is 0 Å². The van der Waals surface area contributed by atoms with Crippen LogP contribution in [0.3, 0.4) is 0 Å². The first-order chi connectivity index (χ1) is 5.27. The first-order valence-corrected chi connectivity index (χ1v) is 6.08. The summed E-state index contributed by atoms with van der Waals surface area (Å²) in [5.74, 6) is 0. The molecule has 0 amide bonds. The van der Waals surface area contributed by atoms with Gasteiger partial charge >= 0.3 is 0 Å². The molecule has 2 aromatic rings. The molecule has 3 heteroatoms. The lowest BCUT2D eigenvalue weighted by Crippen LogP contribution is -1.66. The first kappa shape index (κ1) is 8.25. The maximum absolute atomic E-state index is 2.38. The lowest BCUT2D eigenvalue weighted by molar-refractivity contribution is 1.79. The fraction of sp³-hybridized carbons (Fsp3) is 0. The van der Waals surface area contributed by atoms with Crippen molar-refractivity contribution >= 4 is 66.6 Å². The van der Waals surface area contributed by atoms with Crippen LogP contribution in [0, 0.1) is 6.45 Å². The molecule has 0 aliphatic rings. The number of rotatable bonds is 0. The highest BCUT2D eigenvalue weighted by Gasteiger charge is 2.00. The molecule has 1 aromatic heterocycles. The molecule has 0 N–H and O–H groups in total. The second-order valence-corrected chi connectivity index (χ2v) is 6.32.